The first-order chi connectivity index (χ1) is 9.85. The number of fused-ring (bicyclic) bond motifs is 1. The van der Waals surface area contributed by atoms with E-state index in [0.29, 0.717) is 28.2 Å². The summed E-state index contributed by atoms with van der Waals surface area (Å²) in [5, 5.41) is 0. The molecule has 2 rings (SSSR count). The van der Waals surface area contributed by atoms with E-state index in [1.54, 1.807) is 17.6 Å². The summed E-state index contributed by atoms with van der Waals surface area (Å²) in [6.45, 7) is 5.74. The van der Waals surface area contributed by atoms with Crippen molar-refractivity contribution in [2.24, 2.45) is 5.92 Å². The number of methoxy groups -OCH3 is 1. The van der Waals surface area contributed by atoms with Gasteiger partial charge in [-0.2, -0.15) is 0 Å². The monoisotopic (exact) mass is 310 g/mol. The van der Waals surface area contributed by atoms with Gasteiger partial charge in [0, 0.05) is 0 Å². The van der Waals surface area contributed by atoms with E-state index >= 15 is 0 Å². The van der Waals surface area contributed by atoms with Gasteiger partial charge >= 0.3 is 5.97 Å². The molecule has 0 aliphatic carbocycles. The number of hydrogen-bond acceptors (Lipinski definition) is 3. The molecule has 0 aliphatic heterocycles. The molecule has 0 amide bonds. The predicted molar refractivity (Wildman–Crippen MR) is 82.3 cm³/mol. The number of imidazole rings is 1. The van der Waals surface area contributed by atoms with Crippen LogP contribution in [0.15, 0.2) is 12.1 Å². The molecule has 6 heteroatoms. The van der Waals surface area contributed by atoms with Gasteiger partial charge in [0.1, 0.15) is 11.9 Å². The highest BCUT2D eigenvalue weighted by molar-refractivity contribution is 7.71. The molecule has 1 aromatic heterocycles. The van der Waals surface area contributed by atoms with Crippen LogP contribution in [-0.2, 0) is 9.53 Å². The van der Waals surface area contributed by atoms with Gasteiger partial charge in [-0.15, -0.1) is 0 Å². The molecule has 2 aromatic rings. The standard InChI is InChI=1S/C15H19FN2O2S/c1-8(2)5-13(14(19)20-4)18-12-6-9(3)10(16)7-11(12)17-15(18)21/h6-8,13H,5H2,1-4H3,(H,17,21). The molecular weight excluding hydrogens is 291 g/mol. The van der Waals surface area contributed by atoms with Crippen LogP contribution in [0.2, 0.25) is 0 Å². The third-order valence-corrected chi connectivity index (χ3v) is 3.78. The maximum Gasteiger partial charge on any atom is 0.328 e. The zero-order valence-corrected chi connectivity index (χ0v) is 13.4. The van der Waals surface area contributed by atoms with Crippen LogP contribution in [0.25, 0.3) is 11.0 Å². The lowest BCUT2D eigenvalue weighted by molar-refractivity contribution is -0.145. The molecule has 0 aliphatic rings. The molecular formula is C15H19FN2O2S. The molecule has 0 saturated carbocycles. The number of halogens is 1. The van der Waals surface area contributed by atoms with Crippen LogP contribution in [0.5, 0.6) is 0 Å². The zero-order valence-electron chi connectivity index (χ0n) is 12.6. The van der Waals surface area contributed by atoms with Gasteiger partial charge < -0.3 is 14.3 Å². The molecule has 1 atom stereocenters. The van der Waals surface area contributed by atoms with Crippen molar-refractivity contribution in [2.45, 2.75) is 33.2 Å². The zero-order chi connectivity index (χ0) is 15.7. The van der Waals surface area contributed by atoms with E-state index < -0.39 is 6.04 Å². The number of nitrogens with zero attached hydrogens (tertiary/aromatic N) is 1. The third kappa shape index (κ3) is 3.00. The topological polar surface area (TPSA) is 47.0 Å². The number of H-pyrrole nitrogens is 1. The molecule has 0 bridgehead atoms. The summed E-state index contributed by atoms with van der Waals surface area (Å²) in [6.07, 6.45) is 0.602. The number of rotatable bonds is 4. The van der Waals surface area contributed by atoms with Gasteiger partial charge in [-0.05, 0) is 49.2 Å². The van der Waals surface area contributed by atoms with Crippen LogP contribution in [0.4, 0.5) is 4.39 Å². The Kier molecular flexibility index (Phi) is 4.46. The number of aryl methyl sites for hydroxylation is 1. The number of aromatic nitrogens is 2. The molecule has 0 saturated heterocycles. The highest BCUT2D eigenvalue weighted by Crippen LogP contribution is 2.27. The van der Waals surface area contributed by atoms with Crippen molar-refractivity contribution in [1.82, 2.24) is 9.55 Å². The highest BCUT2D eigenvalue weighted by atomic mass is 32.1. The number of carbonyl (C=O) groups excluding carboxylic acids is 1. The lowest BCUT2D eigenvalue weighted by Crippen LogP contribution is -2.22. The van der Waals surface area contributed by atoms with E-state index in [1.807, 2.05) is 13.8 Å². The van der Waals surface area contributed by atoms with E-state index in [1.165, 1.54) is 13.2 Å². The minimum Gasteiger partial charge on any atom is -0.467 e. The quantitative estimate of drug-likeness (QED) is 0.688. The molecule has 4 nitrogen and oxygen atoms in total. The van der Waals surface area contributed by atoms with Gasteiger partial charge in [0.15, 0.2) is 4.77 Å². The summed E-state index contributed by atoms with van der Waals surface area (Å²) in [5.41, 5.74) is 1.81. The Morgan fingerprint density at radius 2 is 2.14 bits per heavy atom. The lowest BCUT2D eigenvalue weighted by atomic mass is 10.0. The maximum atomic E-state index is 13.7. The molecule has 1 heterocycles. The van der Waals surface area contributed by atoms with Gasteiger partial charge in [-0.25, -0.2) is 9.18 Å². The SMILES string of the molecule is COC(=O)C(CC(C)C)n1c(=S)[nH]c2cc(F)c(C)cc21. The van der Waals surface area contributed by atoms with Crippen molar-refractivity contribution in [3.05, 3.63) is 28.3 Å². The minimum atomic E-state index is -0.513. The molecule has 1 N–H and O–H groups in total. The Balaban J connectivity index is 2.67. The van der Waals surface area contributed by atoms with Crippen molar-refractivity contribution in [3.63, 3.8) is 0 Å². The smallest absolute Gasteiger partial charge is 0.328 e. The van der Waals surface area contributed by atoms with Crippen molar-refractivity contribution in [1.29, 1.82) is 0 Å². The van der Waals surface area contributed by atoms with Crippen LogP contribution in [0.1, 0.15) is 31.9 Å². The molecule has 114 valence electrons. The minimum absolute atomic E-state index is 0.294. The Morgan fingerprint density at radius 1 is 1.48 bits per heavy atom. The fourth-order valence-corrected chi connectivity index (χ4v) is 2.79. The number of esters is 1. The number of aromatic amines is 1. The first-order valence-electron chi connectivity index (χ1n) is 6.83. The average Bonchev–Trinajstić information content (AvgIpc) is 2.71. The number of carbonyl (C=O) groups is 1. The largest absolute Gasteiger partial charge is 0.467 e. The highest BCUT2D eigenvalue weighted by Gasteiger charge is 2.25. The van der Waals surface area contributed by atoms with Gasteiger partial charge in [0.2, 0.25) is 0 Å². The number of hydrogen-bond donors (Lipinski definition) is 1. The van der Waals surface area contributed by atoms with Crippen molar-refractivity contribution in [3.8, 4) is 0 Å². The number of benzene rings is 1. The summed E-state index contributed by atoms with van der Waals surface area (Å²) >= 11 is 5.31. The molecule has 21 heavy (non-hydrogen) atoms. The van der Waals surface area contributed by atoms with Gasteiger partial charge in [0.05, 0.1) is 18.1 Å². The normalized spacial score (nSPS) is 12.9. The van der Waals surface area contributed by atoms with Gasteiger partial charge in [0.25, 0.3) is 0 Å². The Labute approximate surface area is 127 Å². The van der Waals surface area contributed by atoms with Crippen molar-refractivity contribution >= 4 is 29.2 Å². The van der Waals surface area contributed by atoms with Crippen molar-refractivity contribution in [2.75, 3.05) is 7.11 Å². The number of nitrogens with one attached hydrogen (secondary N) is 1. The predicted octanol–water partition coefficient (Wildman–Crippen LogP) is 3.91. The van der Waals surface area contributed by atoms with Crippen LogP contribution in [0.3, 0.4) is 0 Å². The van der Waals surface area contributed by atoms with E-state index in [4.69, 9.17) is 17.0 Å². The molecule has 0 spiro atoms. The Bertz CT molecular complexity index is 733. The third-order valence-electron chi connectivity index (χ3n) is 3.48. The van der Waals surface area contributed by atoms with Crippen LogP contribution in [-0.4, -0.2) is 22.6 Å². The fraction of sp³-hybridized carbons (Fsp3) is 0.467. The average molecular weight is 310 g/mol. The van der Waals surface area contributed by atoms with E-state index in [-0.39, 0.29) is 11.8 Å². The van der Waals surface area contributed by atoms with E-state index in [2.05, 4.69) is 4.98 Å². The second-order valence-electron chi connectivity index (χ2n) is 5.59. The molecule has 0 fully saturated rings. The summed E-state index contributed by atoms with van der Waals surface area (Å²) in [5.74, 6) is -0.352. The lowest BCUT2D eigenvalue weighted by Gasteiger charge is -2.19. The summed E-state index contributed by atoms with van der Waals surface area (Å²) < 4.78 is 20.7. The number of ether oxygens (including phenoxy) is 1. The molecule has 0 radical (unpaired) electrons. The summed E-state index contributed by atoms with van der Waals surface area (Å²) in [7, 11) is 1.36. The van der Waals surface area contributed by atoms with Gasteiger partial charge in [-0.3, -0.25) is 0 Å². The maximum absolute atomic E-state index is 13.7. The van der Waals surface area contributed by atoms with Crippen molar-refractivity contribution < 1.29 is 13.9 Å². The van der Waals surface area contributed by atoms with Crippen LogP contribution in [0, 0.1) is 23.4 Å². The van der Waals surface area contributed by atoms with E-state index in [0.717, 1.165) is 5.52 Å². The Morgan fingerprint density at radius 3 is 2.71 bits per heavy atom. The summed E-state index contributed by atoms with van der Waals surface area (Å²) in [4.78, 5) is 15.1. The first kappa shape index (κ1) is 15.7. The fourth-order valence-electron chi connectivity index (χ4n) is 2.45. The van der Waals surface area contributed by atoms with Crippen LogP contribution >= 0.6 is 12.2 Å². The second-order valence-corrected chi connectivity index (χ2v) is 5.97. The van der Waals surface area contributed by atoms with Crippen LogP contribution < -0.4 is 0 Å². The second kappa shape index (κ2) is 5.97. The molecule has 1 unspecified atom stereocenters. The van der Waals surface area contributed by atoms with Gasteiger partial charge in [-0.1, -0.05) is 13.8 Å². The Hall–Kier alpha value is -1.69. The summed E-state index contributed by atoms with van der Waals surface area (Å²) in [6, 6.07) is 2.59. The molecule has 1 aromatic carbocycles. The van der Waals surface area contributed by atoms with E-state index in [9.17, 15) is 9.18 Å². The first-order valence-corrected chi connectivity index (χ1v) is 7.24.